The first-order chi connectivity index (χ1) is 16.4. The predicted octanol–water partition coefficient (Wildman–Crippen LogP) is 4.74. The molecule has 0 saturated heterocycles. The van der Waals surface area contributed by atoms with E-state index >= 15 is 0 Å². The summed E-state index contributed by atoms with van der Waals surface area (Å²) in [6.45, 7) is 4.80. The van der Waals surface area contributed by atoms with E-state index in [4.69, 9.17) is 13.8 Å². The number of aldehydes is 1. The number of aliphatic hydroxyl groups is 1. The molecule has 0 fully saturated rings. The molecule has 2 aromatic carbocycles. The number of aromatic nitrogens is 1. The number of carbonyl (C=O) groups is 1. The summed E-state index contributed by atoms with van der Waals surface area (Å²) in [5, 5.41) is 22.5. The number of aliphatic hydroxyl groups excluding tert-OH is 1. The van der Waals surface area contributed by atoms with Crippen LogP contribution in [0, 0.1) is 5.82 Å². The van der Waals surface area contributed by atoms with Crippen LogP contribution in [0.1, 0.15) is 41.6 Å². The Morgan fingerprint density at radius 3 is 2.47 bits per heavy atom. The molecule has 2 N–H and O–H groups in total. The standard InChI is InChI=1S/C24H28FN2O6P/c1-4-32-34(33-5-2)15-31-23-18-7-6-12-26-21(18)22(29)19(14-28)20(23)24(30)27(3)13-16-8-10-17(25)11-9-16/h6-12,14,24,29-30H,4-5,13,15H2,1-3H3. The highest BCUT2D eigenvalue weighted by molar-refractivity contribution is 7.47. The van der Waals surface area contributed by atoms with Gasteiger partial charge in [-0.25, -0.2) is 4.39 Å². The molecule has 1 heterocycles. The van der Waals surface area contributed by atoms with E-state index in [0.717, 1.165) is 5.56 Å². The smallest absolute Gasteiger partial charge is 0.211 e. The molecule has 3 aromatic rings. The highest BCUT2D eigenvalue weighted by atomic mass is 31.2. The van der Waals surface area contributed by atoms with Gasteiger partial charge in [-0.15, -0.1) is 0 Å². The third-order valence-electron chi connectivity index (χ3n) is 5.07. The van der Waals surface area contributed by atoms with Gasteiger partial charge >= 0.3 is 0 Å². The Bertz CT molecular complexity index is 1110. The summed E-state index contributed by atoms with van der Waals surface area (Å²) in [4.78, 5) is 17.8. The summed E-state index contributed by atoms with van der Waals surface area (Å²) in [5.74, 6) is -0.509. The van der Waals surface area contributed by atoms with Crippen LogP contribution in [0.3, 0.4) is 0 Å². The summed E-state index contributed by atoms with van der Waals surface area (Å²) >= 11 is 0. The van der Waals surface area contributed by atoms with Gasteiger partial charge in [-0.3, -0.25) is 14.7 Å². The van der Waals surface area contributed by atoms with Gasteiger partial charge in [-0.1, -0.05) is 12.1 Å². The number of pyridine rings is 1. The van der Waals surface area contributed by atoms with Gasteiger partial charge in [0, 0.05) is 18.1 Å². The first kappa shape index (κ1) is 25.9. The molecule has 0 bridgehead atoms. The number of hydrogen-bond donors (Lipinski definition) is 2. The Hall–Kier alpha value is -2.68. The van der Waals surface area contributed by atoms with E-state index in [2.05, 4.69) is 4.98 Å². The average molecular weight is 490 g/mol. The van der Waals surface area contributed by atoms with E-state index in [1.165, 1.54) is 18.3 Å². The van der Waals surface area contributed by atoms with E-state index in [9.17, 15) is 19.4 Å². The van der Waals surface area contributed by atoms with E-state index in [0.29, 0.717) is 24.9 Å². The molecule has 0 aliphatic rings. The molecule has 0 radical (unpaired) electrons. The van der Waals surface area contributed by atoms with Gasteiger partial charge < -0.3 is 24.0 Å². The van der Waals surface area contributed by atoms with Crippen LogP contribution in [0.5, 0.6) is 11.5 Å². The van der Waals surface area contributed by atoms with E-state index in [1.54, 1.807) is 36.2 Å². The molecule has 3 rings (SSSR count). The minimum absolute atomic E-state index is 0.0471. The van der Waals surface area contributed by atoms with Crippen molar-refractivity contribution in [1.29, 1.82) is 0 Å². The highest BCUT2D eigenvalue weighted by Gasteiger charge is 2.29. The number of ether oxygens (including phenoxy) is 1. The summed E-state index contributed by atoms with van der Waals surface area (Å²) in [6, 6.07) is 9.23. The number of nitrogens with zero attached hydrogens (tertiary/aromatic N) is 2. The van der Waals surface area contributed by atoms with Gasteiger partial charge in [0.15, 0.2) is 18.4 Å². The van der Waals surface area contributed by atoms with Gasteiger partial charge in [0.25, 0.3) is 0 Å². The van der Waals surface area contributed by atoms with E-state index < -0.39 is 14.6 Å². The molecule has 182 valence electrons. The second kappa shape index (κ2) is 12.1. The third-order valence-corrected chi connectivity index (χ3v) is 6.50. The number of aromatic hydroxyl groups is 1. The normalized spacial score (nSPS) is 12.4. The number of rotatable bonds is 12. The van der Waals surface area contributed by atoms with Gasteiger partial charge in [0.05, 0.1) is 24.3 Å². The second-order valence-electron chi connectivity index (χ2n) is 7.38. The van der Waals surface area contributed by atoms with Crippen molar-refractivity contribution in [2.24, 2.45) is 0 Å². The van der Waals surface area contributed by atoms with Crippen molar-refractivity contribution in [3.05, 3.63) is 65.1 Å². The minimum Gasteiger partial charge on any atom is -0.505 e. The molecule has 10 heteroatoms. The molecule has 0 spiro atoms. The number of benzene rings is 2. The number of halogens is 1. The maximum absolute atomic E-state index is 13.3. The molecule has 0 aliphatic heterocycles. The highest BCUT2D eigenvalue weighted by Crippen LogP contribution is 2.45. The molecule has 0 aliphatic carbocycles. The van der Waals surface area contributed by atoms with Crippen molar-refractivity contribution in [3.63, 3.8) is 0 Å². The van der Waals surface area contributed by atoms with Gasteiger partial charge in [0.2, 0.25) is 8.38 Å². The fourth-order valence-corrected chi connectivity index (χ4v) is 4.57. The Balaban J connectivity index is 2.05. The Morgan fingerprint density at radius 2 is 1.85 bits per heavy atom. The van der Waals surface area contributed by atoms with Crippen LogP contribution in [-0.4, -0.2) is 53.0 Å². The topological polar surface area (TPSA) is 101 Å². The van der Waals surface area contributed by atoms with Crippen LogP contribution in [0.2, 0.25) is 0 Å². The average Bonchev–Trinajstić information content (AvgIpc) is 2.84. The largest absolute Gasteiger partial charge is 0.505 e. The quantitative estimate of drug-likeness (QED) is 0.213. The monoisotopic (exact) mass is 490 g/mol. The van der Waals surface area contributed by atoms with E-state index in [1.807, 2.05) is 13.8 Å². The molecule has 1 atom stereocenters. The number of phenols is 1. The maximum atomic E-state index is 13.3. The number of hydrogen-bond acceptors (Lipinski definition) is 8. The van der Waals surface area contributed by atoms with Crippen molar-refractivity contribution in [2.45, 2.75) is 26.6 Å². The zero-order valence-electron chi connectivity index (χ0n) is 19.3. The fraction of sp³-hybridized carbons (Fsp3) is 0.333. The predicted molar refractivity (Wildman–Crippen MR) is 127 cm³/mol. The van der Waals surface area contributed by atoms with Gasteiger partial charge in [-0.05, 0) is 50.7 Å². The van der Waals surface area contributed by atoms with Gasteiger partial charge in [-0.2, -0.15) is 0 Å². The SMILES string of the molecule is CCOP(COc1c(C(O)N(C)Cc2ccc(F)cc2)c(C=O)c(O)c2ncccc12)OCC. The van der Waals surface area contributed by atoms with Gasteiger partial charge in [0.1, 0.15) is 23.3 Å². The van der Waals surface area contributed by atoms with Crippen molar-refractivity contribution in [2.75, 3.05) is 26.6 Å². The molecule has 0 saturated carbocycles. The summed E-state index contributed by atoms with van der Waals surface area (Å²) < 4.78 is 30.6. The molecule has 8 nitrogen and oxygen atoms in total. The summed E-state index contributed by atoms with van der Waals surface area (Å²) in [6.07, 6.45) is 0.672. The maximum Gasteiger partial charge on any atom is 0.211 e. The van der Waals surface area contributed by atoms with Crippen molar-refractivity contribution >= 4 is 25.6 Å². The minimum atomic E-state index is -1.38. The summed E-state index contributed by atoms with van der Waals surface area (Å²) in [7, 11) is 0.267. The van der Waals surface area contributed by atoms with Crippen LogP contribution < -0.4 is 4.74 Å². The fourth-order valence-electron chi connectivity index (χ4n) is 3.53. The second-order valence-corrected chi connectivity index (χ2v) is 8.82. The Kier molecular flexibility index (Phi) is 9.27. The zero-order valence-corrected chi connectivity index (χ0v) is 20.2. The number of phenolic OH excluding ortho intramolecular Hbond substituents is 1. The molecule has 0 amide bonds. The summed E-state index contributed by atoms with van der Waals surface area (Å²) in [5.41, 5.74) is 0.896. The van der Waals surface area contributed by atoms with Crippen molar-refractivity contribution < 1.29 is 33.2 Å². The lowest BCUT2D eigenvalue weighted by atomic mass is 9.99. The van der Waals surface area contributed by atoms with Crippen LogP contribution in [0.15, 0.2) is 42.6 Å². The molecular weight excluding hydrogens is 462 g/mol. The van der Waals surface area contributed by atoms with Crippen LogP contribution in [-0.2, 0) is 15.6 Å². The molecule has 1 aromatic heterocycles. The van der Waals surface area contributed by atoms with Crippen LogP contribution >= 0.6 is 8.38 Å². The molecule has 1 unspecified atom stereocenters. The lowest BCUT2D eigenvalue weighted by molar-refractivity contribution is 0.0127. The molecule has 34 heavy (non-hydrogen) atoms. The van der Waals surface area contributed by atoms with Crippen molar-refractivity contribution in [1.82, 2.24) is 9.88 Å². The first-order valence-corrected chi connectivity index (χ1v) is 12.1. The lowest BCUT2D eigenvalue weighted by Crippen LogP contribution is -2.26. The van der Waals surface area contributed by atoms with Crippen LogP contribution in [0.25, 0.3) is 10.9 Å². The third kappa shape index (κ3) is 5.87. The van der Waals surface area contributed by atoms with E-state index in [-0.39, 0.29) is 46.9 Å². The lowest BCUT2D eigenvalue weighted by Gasteiger charge is -2.28. The van der Waals surface area contributed by atoms with Crippen LogP contribution in [0.4, 0.5) is 4.39 Å². The van der Waals surface area contributed by atoms with Crippen molar-refractivity contribution in [3.8, 4) is 11.5 Å². The first-order valence-electron chi connectivity index (χ1n) is 10.8. The zero-order chi connectivity index (χ0) is 24.7. The Morgan fingerprint density at radius 1 is 1.18 bits per heavy atom. The molecular formula is C24H28FN2O6P. The Labute approximate surface area is 198 Å². The number of fused-ring (bicyclic) bond motifs is 1. The number of carbonyl (C=O) groups excluding carboxylic acids is 1.